The van der Waals surface area contributed by atoms with Crippen LogP contribution in [0.3, 0.4) is 0 Å². The molecule has 0 aliphatic rings. The Balaban J connectivity index is 2.31. The van der Waals surface area contributed by atoms with Crippen molar-refractivity contribution in [2.75, 3.05) is 20.5 Å². The summed E-state index contributed by atoms with van der Waals surface area (Å²) in [6.45, 7) is 4.22. The molecule has 11 heteroatoms. The first-order valence-corrected chi connectivity index (χ1v) is 10.0. The van der Waals surface area contributed by atoms with Gasteiger partial charge in [0.1, 0.15) is 28.9 Å². The maximum absolute atomic E-state index is 12.9. The maximum Gasteiger partial charge on any atom is 0.417 e. The Labute approximate surface area is 193 Å². The van der Waals surface area contributed by atoms with Gasteiger partial charge in [0, 0.05) is 37.4 Å². The van der Waals surface area contributed by atoms with E-state index in [1.165, 1.54) is 19.3 Å². The third kappa shape index (κ3) is 8.56. The van der Waals surface area contributed by atoms with Crippen molar-refractivity contribution in [3.63, 3.8) is 0 Å². The normalized spacial score (nSPS) is 12.2. The van der Waals surface area contributed by atoms with Crippen LogP contribution in [0.15, 0.2) is 36.5 Å². The van der Waals surface area contributed by atoms with Gasteiger partial charge in [-0.3, -0.25) is 0 Å². The van der Waals surface area contributed by atoms with Crippen LogP contribution in [-0.2, 0) is 20.4 Å². The molecular weight excluding hydrogens is 467 g/mol. The number of hydrogen-bond donors (Lipinski definition) is 1. The predicted molar refractivity (Wildman–Crippen MR) is 115 cm³/mol. The average molecular weight is 490 g/mol. The maximum atomic E-state index is 12.9. The number of pyridine rings is 1. The number of hydrogen-bond acceptors (Lipinski definition) is 6. The largest absolute Gasteiger partial charge is 0.488 e. The summed E-state index contributed by atoms with van der Waals surface area (Å²) in [7, 11) is 1.52. The fourth-order valence-electron chi connectivity index (χ4n) is 2.56. The van der Waals surface area contributed by atoms with Crippen LogP contribution in [0.25, 0.3) is 6.08 Å². The second-order valence-electron chi connectivity index (χ2n) is 7.41. The molecule has 0 spiro atoms. The Bertz CT molecular complexity index is 995. The van der Waals surface area contributed by atoms with Crippen LogP contribution in [-0.4, -0.2) is 42.2 Å². The summed E-state index contributed by atoms with van der Waals surface area (Å²) in [4.78, 5) is 14.6. The lowest BCUT2D eigenvalue weighted by atomic mass is 10.1. The van der Waals surface area contributed by atoms with Gasteiger partial charge in [0.2, 0.25) is 5.88 Å². The summed E-state index contributed by atoms with van der Waals surface area (Å²) >= 11 is 5.94. The van der Waals surface area contributed by atoms with E-state index in [0.29, 0.717) is 36.6 Å². The molecule has 0 fully saturated rings. The Kier molecular flexibility index (Phi) is 9.09. The van der Waals surface area contributed by atoms with Crippen LogP contribution in [0.4, 0.5) is 13.2 Å². The minimum atomic E-state index is -4.61. The molecule has 0 aliphatic carbocycles. The van der Waals surface area contributed by atoms with Crippen LogP contribution in [0.1, 0.15) is 31.4 Å². The second kappa shape index (κ2) is 11.4. The van der Waals surface area contributed by atoms with E-state index in [2.05, 4.69) is 4.98 Å². The van der Waals surface area contributed by atoms with Crippen LogP contribution < -0.4 is 9.47 Å². The van der Waals surface area contributed by atoms with Gasteiger partial charge in [-0.1, -0.05) is 11.6 Å². The zero-order valence-corrected chi connectivity index (χ0v) is 18.9. The second-order valence-corrected chi connectivity index (χ2v) is 7.82. The van der Waals surface area contributed by atoms with Crippen molar-refractivity contribution in [2.45, 2.75) is 32.0 Å². The van der Waals surface area contributed by atoms with E-state index in [-0.39, 0.29) is 23.4 Å². The van der Waals surface area contributed by atoms with E-state index in [0.717, 1.165) is 6.08 Å². The Morgan fingerprint density at radius 1 is 1.24 bits per heavy atom. The number of nitrogens with zero attached hydrogens (tertiary/aromatic N) is 1. The first-order chi connectivity index (χ1) is 15.4. The van der Waals surface area contributed by atoms with E-state index in [4.69, 9.17) is 35.7 Å². The number of ether oxygens (including phenoxy) is 4. The van der Waals surface area contributed by atoms with Crippen molar-refractivity contribution in [1.29, 1.82) is 0 Å². The summed E-state index contributed by atoms with van der Waals surface area (Å²) in [5, 5.41) is 8.56. The molecule has 1 aromatic heterocycles. The summed E-state index contributed by atoms with van der Waals surface area (Å²) in [5.41, 5.74) is -1.35. The van der Waals surface area contributed by atoms with E-state index >= 15 is 0 Å². The highest BCUT2D eigenvalue weighted by Crippen LogP contribution is 2.37. The highest BCUT2D eigenvalue weighted by atomic mass is 35.5. The molecule has 1 N–H and O–H groups in total. The third-order valence-electron chi connectivity index (χ3n) is 4.18. The van der Waals surface area contributed by atoms with E-state index < -0.39 is 23.3 Å². The molecule has 0 atom stereocenters. The minimum Gasteiger partial charge on any atom is -0.488 e. The zero-order valence-electron chi connectivity index (χ0n) is 18.1. The molecule has 2 rings (SSSR count). The Morgan fingerprint density at radius 3 is 2.58 bits per heavy atom. The lowest BCUT2D eigenvalue weighted by Gasteiger charge is -2.27. The van der Waals surface area contributed by atoms with Gasteiger partial charge in [0.25, 0.3) is 0 Å². The average Bonchev–Trinajstić information content (AvgIpc) is 2.71. The third-order valence-corrected chi connectivity index (χ3v) is 4.45. The predicted octanol–water partition coefficient (Wildman–Crippen LogP) is 5.81. The van der Waals surface area contributed by atoms with Gasteiger partial charge in [-0.25, -0.2) is 9.78 Å². The molecule has 0 unspecified atom stereocenters. The van der Waals surface area contributed by atoms with Crippen molar-refractivity contribution in [3.8, 4) is 17.4 Å². The monoisotopic (exact) mass is 489 g/mol. The highest BCUT2D eigenvalue weighted by Gasteiger charge is 2.32. The minimum absolute atomic E-state index is 0.0885. The van der Waals surface area contributed by atoms with Crippen molar-refractivity contribution < 1.29 is 42.0 Å². The van der Waals surface area contributed by atoms with Gasteiger partial charge in [0.15, 0.2) is 0 Å². The molecule has 1 aromatic carbocycles. The van der Waals surface area contributed by atoms with Gasteiger partial charge in [-0.05, 0) is 38.1 Å². The summed E-state index contributed by atoms with van der Waals surface area (Å²) in [6.07, 6.45) is -1.33. The summed E-state index contributed by atoms with van der Waals surface area (Å²) in [5.74, 6) is -1.01. The molecule has 0 bridgehead atoms. The van der Waals surface area contributed by atoms with Gasteiger partial charge < -0.3 is 24.1 Å². The Hall–Kier alpha value is -2.82. The Morgan fingerprint density at radius 2 is 1.97 bits per heavy atom. The van der Waals surface area contributed by atoms with Crippen LogP contribution in [0.2, 0.25) is 5.02 Å². The first kappa shape index (κ1) is 26.4. The number of carboxylic acids is 1. The quantitative estimate of drug-likeness (QED) is 0.242. The SMILES string of the molecule is COCOCCC(C)(C)Oc1ccc(/C=C/C(=O)O)c(Oc2ncc(C(F)(F)F)cc2Cl)c1. The van der Waals surface area contributed by atoms with Crippen molar-refractivity contribution >= 4 is 23.6 Å². The van der Waals surface area contributed by atoms with Crippen LogP contribution >= 0.6 is 11.6 Å². The smallest absolute Gasteiger partial charge is 0.417 e. The molecule has 2 aromatic rings. The number of carbonyl (C=O) groups is 1. The number of rotatable bonds is 11. The van der Waals surface area contributed by atoms with Gasteiger partial charge in [-0.15, -0.1) is 0 Å². The molecule has 0 aliphatic heterocycles. The van der Waals surface area contributed by atoms with Crippen molar-refractivity contribution in [3.05, 3.63) is 52.7 Å². The van der Waals surface area contributed by atoms with Crippen LogP contribution in [0, 0.1) is 0 Å². The lowest BCUT2D eigenvalue weighted by molar-refractivity contribution is -0.138. The van der Waals surface area contributed by atoms with Crippen molar-refractivity contribution in [2.24, 2.45) is 0 Å². The molecule has 0 saturated heterocycles. The van der Waals surface area contributed by atoms with E-state index in [9.17, 15) is 18.0 Å². The summed E-state index contributed by atoms with van der Waals surface area (Å²) < 4.78 is 60.4. The number of benzene rings is 1. The molecule has 180 valence electrons. The van der Waals surface area contributed by atoms with E-state index in [1.807, 2.05) is 13.8 Å². The molecule has 1 heterocycles. The number of methoxy groups -OCH3 is 1. The fourth-order valence-corrected chi connectivity index (χ4v) is 2.76. The molecule has 7 nitrogen and oxygen atoms in total. The van der Waals surface area contributed by atoms with E-state index in [1.54, 1.807) is 12.1 Å². The number of aromatic nitrogens is 1. The standard InChI is InChI=1S/C22H23ClF3NO6/c1-21(2,8-9-31-13-30-3)33-16-6-4-14(5-7-19(28)29)18(11-16)32-20-17(23)10-15(12-27-20)22(24,25)26/h4-7,10-12H,8-9,13H2,1-3H3,(H,28,29)/b7-5+. The molecule has 0 amide bonds. The number of halogens is 4. The van der Waals surface area contributed by atoms with Gasteiger partial charge in [-0.2, -0.15) is 13.2 Å². The first-order valence-electron chi connectivity index (χ1n) is 9.62. The fraction of sp³-hybridized carbons (Fsp3) is 0.364. The highest BCUT2D eigenvalue weighted by molar-refractivity contribution is 6.31. The van der Waals surface area contributed by atoms with Crippen molar-refractivity contribution in [1.82, 2.24) is 4.98 Å². The molecular formula is C22H23ClF3NO6. The number of alkyl halides is 3. The summed E-state index contributed by atoms with van der Waals surface area (Å²) in [6, 6.07) is 5.31. The lowest BCUT2D eigenvalue weighted by Crippen LogP contribution is -2.30. The topological polar surface area (TPSA) is 87.1 Å². The van der Waals surface area contributed by atoms with Gasteiger partial charge in [0.05, 0.1) is 12.2 Å². The molecule has 0 saturated carbocycles. The van der Waals surface area contributed by atoms with Crippen LogP contribution in [0.5, 0.6) is 17.4 Å². The molecule has 33 heavy (non-hydrogen) atoms. The van der Waals surface area contributed by atoms with Gasteiger partial charge >= 0.3 is 12.1 Å². The number of aliphatic carboxylic acids is 1. The molecule has 0 radical (unpaired) electrons. The zero-order chi connectivity index (χ0) is 24.6. The number of carboxylic acid groups (broad SMARTS) is 1.